The summed E-state index contributed by atoms with van der Waals surface area (Å²) >= 11 is 1.26. The first-order valence-corrected chi connectivity index (χ1v) is 7.88. The second-order valence-electron chi connectivity index (χ2n) is 5.21. The number of hydrogen-bond acceptors (Lipinski definition) is 5. The summed E-state index contributed by atoms with van der Waals surface area (Å²) in [5.41, 5.74) is 1.55. The van der Waals surface area contributed by atoms with E-state index in [1.165, 1.54) is 17.5 Å². The number of amides is 1. The van der Waals surface area contributed by atoms with E-state index in [-0.39, 0.29) is 22.4 Å². The Labute approximate surface area is 138 Å². The molecule has 0 aliphatic heterocycles. The Balaban J connectivity index is 2.26. The first-order valence-electron chi connectivity index (χ1n) is 7.06. The molecule has 1 N–H and O–H groups in total. The van der Waals surface area contributed by atoms with Crippen LogP contribution in [0.2, 0.25) is 0 Å². The van der Waals surface area contributed by atoms with Crippen molar-refractivity contribution in [1.82, 2.24) is 10.3 Å². The Morgan fingerprint density at radius 1 is 1.39 bits per heavy atom. The van der Waals surface area contributed by atoms with E-state index in [9.17, 15) is 14.9 Å². The van der Waals surface area contributed by atoms with E-state index in [1.54, 1.807) is 31.3 Å². The lowest BCUT2D eigenvalue weighted by Gasteiger charge is -2.06. The number of nitrogens with one attached hydrogen (secondary N) is 1. The largest absolute Gasteiger partial charge is 0.354 e. The van der Waals surface area contributed by atoms with Crippen LogP contribution in [0, 0.1) is 10.1 Å². The standard InChI is InChI=1S/C16H17N3O3S/c1-10(2)12-6-4-11(8-13(12)19(21)22)5-7-15-18-9-14(23-15)16(20)17-3/h4-10H,1-3H3,(H,17,20)/b7-5+. The number of benzene rings is 1. The number of rotatable bonds is 5. The highest BCUT2D eigenvalue weighted by atomic mass is 32.1. The van der Waals surface area contributed by atoms with Gasteiger partial charge < -0.3 is 5.32 Å². The molecule has 0 spiro atoms. The zero-order valence-electron chi connectivity index (χ0n) is 13.1. The van der Waals surface area contributed by atoms with Gasteiger partial charge in [0.15, 0.2) is 0 Å². The van der Waals surface area contributed by atoms with Gasteiger partial charge in [-0.25, -0.2) is 4.98 Å². The molecule has 1 aromatic heterocycles. The minimum Gasteiger partial charge on any atom is -0.354 e. The van der Waals surface area contributed by atoms with Crippen molar-refractivity contribution in [2.45, 2.75) is 19.8 Å². The van der Waals surface area contributed by atoms with Crippen molar-refractivity contribution >= 4 is 35.1 Å². The zero-order chi connectivity index (χ0) is 17.0. The van der Waals surface area contributed by atoms with Crippen molar-refractivity contribution in [2.24, 2.45) is 0 Å². The second kappa shape index (κ2) is 7.15. The molecule has 120 valence electrons. The van der Waals surface area contributed by atoms with Gasteiger partial charge in [0.05, 0.1) is 11.1 Å². The molecule has 0 atom stereocenters. The first-order chi connectivity index (χ1) is 10.9. The number of aromatic nitrogens is 1. The van der Waals surface area contributed by atoms with Crippen LogP contribution < -0.4 is 5.32 Å². The van der Waals surface area contributed by atoms with Gasteiger partial charge in [0.1, 0.15) is 9.88 Å². The third-order valence-electron chi connectivity index (χ3n) is 3.27. The molecular weight excluding hydrogens is 314 g/mol. The summed E-state index contributed by atoms with van der Waals surface area (Å²) in [4.78, 5) is 27.0. The molecule has 0 radical (unpaired) electrons. The quantitative estimate of drug-likeness (QED) is 0.668. The van der Waals surface area contributed by atoms with Crippen LogP contribution in [0.4, 0.5) is 5.69 Å². The normalized spacial score (nSPS) is 11.1. The Morgan fingerprint density at radius 3 is 2.74 bits per heavy atom. The maximum Gasteiger partial charge on any atom is 0.273 e. The average Bonchev–Trinajstić information content (AvgIpc) is 3.00. The van der Waals surface area contributed by atoms with Crippen molar-refractivity contribution in [3.05, 3.63) is 55.5 Å². The molecule has 0 aliphatic carbocycles. The number of nitrogens with zero attached hydrogens (tertiary/aromatic N) is 2. The topological polar surface area (TPSA) is 85.1 Å². The minimum absolute atomic E-state index is 0.0857. The fraction of sp³-hybridized carbons (Fsp3) is 0.250. The number of nitro benzene ring substituents is 1. The van der Waals surface area contributed by atoms with Gasteiger partial charge in [-0.2, -0.15) is 0 Å². The number of carbonyl (C=O) groups is 1. The second-order valence-corrected chi connectivity index (χ2v) is 6.27. The predicted octanol–water partition coefficient (Wildman–Crippen LogP) is 3.70. The maximum atomic E-state index is 11.5. The highest BCUT2D eigenvalue weighted by molar-refractivity contribution is 7.14. The number of thiazole rings is 1. The maximum absolute atomic E-state index is 11.5. The molecule has 0 fully saturated rings. The molecule has 7 heteroatoms. The highest BCUT2D eigenvalue weighted by Crippen LogP contribution is 2.28. The van der Waals surface area contributed by atoms with Crippen LogP contribution in [-0.4, -0.2) is 22.9 Å². The van der Waals surface area contributed by atoms with Crippen molar-refractivity contribution in [1.29, 1.82) is 0 Å². The lowest BCUT2D eigenvalue weighted by molar-refractivity contribution is -0.385. The van der Waals surface area contributed by atoms with Crippen molar-refractivity contribution in [2.75, 3.05) is 7.05 Å². The lowest BCUT2D eigenvalue weighted by atomic mass is 9.99. The molecule has 2 rings (SSSR count). The Bertz CT molecular complexity index is 766. The molecule has 6 nitrogen and oxygen atoms in total. The van der Waals surface area contributed by atoms with Crippen molar-refractivity contribution < 1.29 is 9.72 Å². The van der Waals surface area contributed by atoms with Gasteiger partial charge in [0, 0.05) is 18.7 Å². The van der Waals surface area contributed by atoms with Gasteiger partial charge in [-0.1, -0.05) is 32.1 Å². The molecular formula is C16H17N3O3S. The number of carbonyl (C=O) groups excluding carboxylic acids is 1. The molecule has 23 heavy (non-hydrogen) atoms. The molecule has 1 amide bonds. The highest BCUT2D eigenvalue weighted by Gasteiger charge is 2.16. The third kappa shape index (κ3) is 4.01. The van der Waals surface area contributed by atoms with Crippen molar-refractivity contribution in [3.63, 3.8) is 0 Å². The van der Waals surface area contributed by atoms with E-state index in [4.69, 9.17) is 0 Å². The number of nitro groups is 1. The zero-order valence-corrected chi connectivity index (χ0v) is 13.9. The SMILES string of the molecule is CNC(=O)c1cnc(/C=C/c2ccc(C(C)C)c([N+](=O)[O-])c2)s1. The van der Waals surface area contributed by atoms with E-state index in [1.807, 2.05) is 19.9 Å². The van der Waals surface area contributed by atoms with Gasteiger partial charge in [0.25, 0.3) is 11.6 Å². The van der Waals surface area contributed by atoms with Crippen LogP contribution in [0.1, 0.15) is 45.6 Å². The summed E-state index contributed by atoms with van der Waals surface area (Å²) in [5.74, 6) is -0.0958. The molecule has 0 unspecified atom stereocenters. The summed E-state index contributed by atoms with van der Waals surface area (Å²) in [7, 11) is 1.56. The van der Waals surface area contributed by atoms with Gasteiger partial charge in [-0.15, -0.1) is 11.3 Å². The van der Waals surface area contributed by atoms with Gasteiger partial charge >= 0.3 is 0 Å². The molecule has 0 aliphatic rings. The van der Waals surface area contributed by atoms with Crippen LogP contribution >= 0.6 is 11.3 Å². The van der Waals surface area contributed by atoms with Crippen LogP contribution in [-0.2, 0) is 0 Å². The molecule has 0 saturated heterocycles. The molecule has 1 aromatic carbocycles. The van der Waals surface area contributed by atoms with Gasteiger partial charge in [0.2, 0.25) is 0 Å². The van der Waals surface area contributed by atoms with Crippen LogP contribution in [0.3, 0.4) is 0 Å². The van der Waals surface area contributed by atoms with E-state index >= 15 is 0 Å². The minimum atomic E-state index is -0.361. The van der Waals surface area contributed by atoms with Crippen LogP contribution in [0.15, 0.2) is 24.4 Å². The third-order valence-corrected chi connectivity index (χ3v) is 4.23. The molecule has 0 saturated carbocycles. The van der Waals surface area contributed by atoms with E-state index in [0.29, 0.717) is 15.4 Å². The van der Waals surface area contributed by atoms with E-state index in [0.717, 1.165) is 5.56 Å². The number of hydrogen-bond donors (Lipinski definition) is 1. The smallest absolute Gasteiger partial charge is 0.273 e. The van der Waals surface area contributed by atoms with Crippen LogP contribution in [0.5, 0.6) is 0 Å². The first kappa shape index (κ1) is 16.8. The van der Waals surface area contributed by atoms with Crippen LogP contribution in [0.25, 0.3) is 12.2 Å². The van der Waals surface area contributed by atoms with Gasteiger partial charge in [-0.05, 0) is 17.6 Å². The molecule has 1 heterocycles. The summed E-state index contributed by atoms with van der Waals surface area (Å²) in [5, 5.41) is 14.4. The Kier molecular flexibility index (Phi) is 5.23. The summed E-state index contributed by atoms with van der Waals surface area (Å²) in [6.07, 6.45) is 5.00. The fourth-order valence-corrected chi connectivity index (χ4v) is 2.84. The predicted molar refractivity (Wildman–Crippen MR) is 91.6 cm³/mol. The Morgan fingerprint density at radius 2 is 2.13 bits per heavy atom. The van der Waals surface area contributed by atoms with Gasteiger partial charge in [-0.3, -0.25) is 14.9 Å². The summed E-state index contributed by atoms with van der Waals surface area (Å²) in [6, 6.07) is 5.17. The lowest BCUT2D eigenvalue weighted by Crippen LogP contribution is -2.16. The van der Waals surface area contributed by atoms with E-state index < -0.39 is 0 Å². The average molecular weight is 331 g/mol. The monoisotopic (exact) mass is 331 g/mol. The Hall–Kier alpha value is -2.54. The summed E-state index contributed by atoms with van der Waals surface area (Å²) < 4.78 is 0. The summed E-state index contributed by atoms with van der Waals surface area (Å²) in [6.45, 7) is 3.85. The van der Waals surface area contributed by atoms with Crippen molar-refractivity contribution in [3.8, 4) is 0 Å². The molecule has 2 aromatic rings. The molecule has 0 bridgehead atoms. The van der Waals surface area contributed by atoms with E-state index in [2.05, 4.69) is 10.3 Å². The fourth-order valence-electron chi connectivity index (χ4n) is 2.07.